The first kappa shape index (κ1) is 26.2. The highest BCUT2D eigenvalue weighted by Crippen LogP contribution is 2.38. The van der Waals surface area contributed by atoms with E-state index in [2.05, 4.69) is 25.6 Å². The fraction of sp³-hybridized carbons (Fsp3) is 0.304. The van der Waals surface area contributed by atoms with Crippen LogP contribution in [0.15, 0.2) is 40.4 Å². The van der Waals surface area contributed by atoms with Gasteiger partial charge >= 0.3 is 0 Å². The van der Waals surface area contributed by atoms with Crippen LogP contribution >= 0.6 is 35.0 Å². The number of carbonyl (C=O) groups excluding carboxylic acids is 1. The maximum atomic E-state index is 12.7. The zero-order chi connectivity index (χ0) is 25.7. The number of anilines is 1. The number of hydrogen-bond donors (Lipinski definition) is 4. The number of carbonyl (C=O) groups is 1. The molecule has 6 N–H and O–H groups in total. The summed E-state index contributed by atoms with van der Waals surface area (Å²) in [7, 11) is 1.54. The lowest BCUT2D eigenvalue weighted by atomic mass is 10.1. The number of nitrogens with zero attached hydrogens (tertiary/aromatic N) is 3. The summed E-state index contributed by atoms with van der Waals surface area (Å²) in [6.45, 7) is 1.72. The van der Waals surface area contributed by atoms with Gasteiger partial charge in [0.05, 0.1) is 22.1 Å². The largest absolute Gasteiger partial charge is 0.496 e. The number of rotatable bonds is 8. The molecule has 1 aliphatic rings. The highest BCUT2D eigenvalue weighted by atomic mass is 35.5. The van der Waals surface area contributed by atoms with Crippen LogP contribution in [0.3, 0.4) is 0 Å². The molecule has 13 heteroatoms. The third-order valence-corrected chi connectivity index (χ3v) is 6.97. The molecule has 0 saturated carbocycles. The van der Waals surface area contributed by atoms with Crippen LogP contribution in [0, 0.1) is 0 Å². The van der Waals surface area contributed by atoms with E-state index in [0.717, 1.165) is 25.9 Å². The summed E-state index contributed by atoms with van der Waals surface area (Å²) < 4.78 is 10.9. The number of amides is 1. The average molecular weight is 550 g/mol. The molecule has 1 saturated heterocycles. The molecule has 1 fully saturated rings. The van der Waals surface area contributed by atoms with Gasteiger partial charge in [-0.05, 0) is 68.0 Å². The van der Waals surface area contributed by atoms with Crippen LogP contribution in [-0.2, 0) is 0 Å². The Morgan fingerprint density at radius 3 is 2.64 bits per heavy atom. The first-order valence-corrected chi connectivity index (χ1v) is 12.7. The monoisotopic (exact) mass is 549 g/mol. The van der Waals surface area contributed by atoms with Gasteiger partial charge in [0.25, 0.3) is 5.91 Å². The van der Waals surface area contributed by atoms with E-state index < -0.39 is 0 Å². The van der Waals surface area contributed by atoms with Crippen LogP contribution in [0.25, 0.3) is 11.4 Å². The molecule has 3 aromatic rings. The predicted octanol–water partition coefficient (Wildman–Crippen LogP) is 3.36. The number of halogens is 2. The molecular formula is C23H25Cl2N7O3S. The zero-order valence-corrected chi connectivity index (χ0v) is 21.7. The molecule has 2 aromatic carbocycles. The van der Waals surface area contributed by atoms with Gasteiger partial charge in [-0.25, -0.2) is 4.98 Å². The van der Waals surface area contributed by atoms with Crippen molar-refractivity contribution in [1.29, 1.82) is 0 Å². The van der Waals surface area contributed by atoms with Crippen LogP contribution < -0.4 is 31.6 Å². The standard InChI is InChI=1S/C23H25Cl2N7O3S/c1-34-18-8-12(21(33)29-13-4-6-28-7-5-13)2-3-19(18)36-23-31-20(30-22(27)32-23)14-9-17(35-11-26)16(25)10-15(14)24/h2-3,8-10,13,28H,4-7,11,26H2,1H3,(H,29,33)(H2,27,30,31,32). The summed E-state index contributed by atoms with van der Waals surface area (Å²) in [4.78, 5) is 26.4. The topological polar surface area (TPSA) is 150 Å². The smallest absolute Gasteiger partial charge is 0.251 e. The molecule has 0 bridgehead atoms. The van der Waals surface area contributed by atoms with Crippen molar-refractivity contribution >= 4 is 46.8 Å². The molecule has 190 valence electrons. The summed E-state index contributed by atoms with van der Waals surface area (Å²) in [6, 6.07) is 8.48. The van der Waals surface area contributed by atoms with E-state index in [1.54, 1.807) is 24.3 Å². The average Bonchev–Trinajstić information content (AvgIpc) is 2.86. The van der Waals surface area contributed by atoms with Crippen molar-refractivity contribution in [3.8, 4) is 22.9 Å². The summed E-state index contributed by atoms with van der Waals surface area (Å²) in [5.74, 6) is 0.946. The van der Waals surface area contributed by atoms with Crippen molar-refractivity contribution in [2.24, 2.45) is 5.73 Å². The number of nitrogens with one attached hydrogen (secondary N) is 2. The Bertz CT molecular complexity index is 1260. The highest BCUT2D eigenvalue weighted by molar-refractivity contribution is 7.99. The molecule has 0 spiro atoms. The van der Waals surface area contributed by atoms with Crippen LogP contribution in [0.2, 0.25) is 10.0 Å². The zero-order valence-electron chi connectivity index (χ0n) is 19.4. The Kier molecular flexibility index (Phi) is 8.70. The minimum absolute atomic E-state index is 0.00625. The van der Waals surface area contributed by atoms with Gasteiger partial charge in [-0.15, -0.1) is 0 Å². The van der Waals surface area contributed by atoms with Gasteiger partial charge < -0.3 is 25.8 Å². The predicted molar refractivity (Wildman–Crippen MR) is 140 cm³/mol. The van der Waals surface area contributed by atoms with Crippen molar-refractivity contribution in [2.75, 3.05) is 32.7 Å². The van der Waals surface area contributed by atoms with Gasteiger partial charge in [-0.2, -0.15) is 9.97 Å². The van der Waals surface area contributed by atoms with Gasteiger partial charge in [-0.1, -0.05) is 23.2 Å². The molecule has 0 unspecified atom stereocenters. The Hall–Kier alpha value is -2.83. The van der Waals surface area contributed by atoms with E-state index in [0.29, 0.717) is 42.7 Å². The molecule has 1 amide bonds. The molecule has 0 radical (unpaired) electrons. The molecule has 4 rings (SSSR count). The van der Waals surface area contributed by atoms with Crippen molar-refractivity contribution in [3.63, 3.8) is 0 Å². The lowest BCUT2D eigenvalue weighted by Gasteiger charge is -2.23. The molecule has 1 aromatic heterocycles. The highest BCUT2D eigenvalue weighted by Gasteiger charge is 2.19. The third-order valence-electron chi connectivity index (χ3n) is 5.43. The van der Waals surface area contributed by atoms with Crippen LogP contribution in [0.1, 0.15) is 23.2 Å². The first-order chi connectivity index (χ1) is 17.4. The van der Waals surface area contributed by atoms with E-state index in [1.807, 2.05) is 0 Å². The third kappa shape index (κ3) is 6.29. The quantitative estimate of drug-likeness (QED) is 0.308. The Labute approximate surface area is 222 Å². The minimum atomic E-state index is -0.142. The summed E-state index contributed by atoms with van der Waals surface area (Å²) in [5.41, 5.74) is 12.4. The van der Waals surface area contributed by atoms with Crippen molar-refractivity contribution in [1.82, 2.24) is 25.6 Å². The fourth-order valence-corrected chi connectivity index (χ4v) is 5.03. The van der Waals surface area contributed by atoms with Crippen LogP contribution in [-0.4, -0.2) is 53.8 Å². The number of nitrogens with two attached hydrogens (primary N) is 2. The van der Waals surface area contributed by atoms with Gasteiger partial charge in [-0.3, -0.25) is 10.5 Å². The SMILES string of the molecule is COc1cc(C(=O)NC2CCNCC2)ccc1Sc1nc(N)nc(-c2cc(OCN)c(Cl)cc2Cl)n1. The van der Waals surface area contributed by atoms with E-state index >= 15 is 0 Å². The second-order valence-corrected chi connectivity index (χ2v) is 9.66. The second kappa shape index (κ2) is 11.9. The number of methoxy groups -OCH3 is 1. The summed E-state index contributed by atoms with van der Waals surface area (Å²) in [6.07, 6.45) is 1.80. The summed E-state index contributed by atoms with van der Waals surface area (Å²) in [5, 5.41) is 7.30. The van der Waals surface area contributed by atoms with E-state index in [-0.39, 0.29) is 30.5 Å². The minimum Gasteiger partial charge on any atom is -0.496 e. The second-order valence-electron chi connectivity index (χ2n) is 7.84. The molecule has 1 aliphatic heterocycles. The lowest BCUT2D eigenvalue weighted by molar-refractivity contribution is 0.0929. The Morgan fingerprint density at radius 1 is 1.14 bits per heavy atom. The summed E-state index contributed by atoms with van der Waals surface area (Å²) >= 11 is 13.8. The maximum Gasteiger partial charge on any atom is 0.251 e. The van der Waals surface area contributed by atoms with Gasteiger partial charge in [0.15, 0.2) is 11.0 Å². The van der Waals surface area contributed by atoms with Crippen molar-refractivity contribution in [2.45, 2.75) is 28.9 Å². The Morgan fingerprint density at radius 2 is 1.92 bits per heavy atom. The molecule has 36 heavy (non-hydrogen) atoms. The molecule has 10 nitrogen and oxygen atoms in total. The van der Waals surface area contributed by atoms with E-state index in [9.17, 15) is 4.79 Å². The van der Waals surface area contributed by atoms with Crippen molar-refractivity contribution in [3.05, 3.63) is 45.9 Å². The van der Waals surface area contributed by atoms with Gasteiger partial charge in [0, 0.05) is 17.2 Å². The Balaban J connectivity index is 1.58. The van der Waals surface area contributed by atoms with E-state index in [4.69, 9.17) is 44.1 Å². The molecule has 0 aliphatic carbocycles. The number of piperidine rings is 1. The lowest BCUT2D eigenvalue weighted by Crippen LogP contribution is -2.42. The molecular weight excluding hydrogens is 525 g/mol. The number of aromatic nitrogens is 3. The first-order valence-electron chi connectivity index (χ1n) is 11.1. The van der Waals surface area contributed by atoms with Gasteiger partial charge in [0.1, 0.15) is 18.2 Å². The fourth-order valence-electron chi connectivity index (χ4n) is 3.67. The number of hydrogen-bond acceptors (Lipinski definition) is 10. The molecule has 2 heterocycles. The molecule has 0 atom stereocenters. The van der Waals surface area contributed by atoms with Crippen LogP contribution in [0.5, 0.6) is 11.5 Å². The maximum absolute atomic E-state index is 12.7. The van der Waals surface area contributed by atoms with E-state index in [1.165, 1.54) is 24.9 Å². The number of benzene rings is 2. The van der Waals surface area contributed by atoms with Gasteiger partial charge in [0.2, 0.25) is 5.95 Å². The van der Waals surface area contributed by atoms with Crippen molar-refractivity contribution < 1.29 is 14.3 Å². The normalized spacial score (nSPS) is 13.9. The number of nitrogen functional groups attached to an aromatic ring is 1. The number of ether oxygens (including phenoxy) is 2. The van der Waals surface area contributed by atoms with Crippen LogP contribution in [0.4, 0.5) is 5.95 Å².